The Bertz CT molecular complexity index is 148. The lowest BCUT2D eigenvalue weighted by molar-refractivity contribution is 0.572. The predicted octanol–water partition coefficient (Wildman–Crippen LogP) is 0.592. The van der Waals surface area contributed by atoms with Crippen LogP contribution in [0.15, 0.2) is 16.9 Å². The highest BCUT2D eigenvalue weighted by Gasteiger charge is 1.89. The van der Waals surface area contributed by atoms with Crippen LogP contribution in [0.5, 0.6) is 0 Å². The molecule has 0 aliphatic heterocycles. The first-order valence-electron chi connectivity index (χ1n) is 1.66. The summed E-state index contributed by atoms with van der Waals surface area (Å²) in [6.45, 7) is 0. The zero-order chi connectivity index (χ0) is 5.11. The van der Waals surface area contributed by atoms with Gasteiger partial charge in [-0.25, -0.2) is 4.98 Å². The summed E-state index contributed by atoms with van der Waals surface area (Å²) in [6, 6.07) is 0. The van der Waals surface area contributed by atoms with Gasteiger partial charge in [0, 0.05) is 0 Å². The summed E-state index contributed by atoms with van der Waals surface area (Å²) in [7, 11) is -0.163. The van der Waals surface area contributed by atoms with E-state index in [1.54, 1.807) is 0 Å². The van der Waals surface area contributed by atoms with Gasteiger partial charge in [0.15, 0.2) is 0 Å². The predicted molar refractivity (Wildman–Crippen MR) is 23.7 cm³/mol. The molecule has 0 spiro atoms. The molecule has 3 nitrogen and oxygen atoms in total. The van der Waals surface area contributed by atoms with Gasteiger partial charge in [-0.05, 0) is 0 Å². The van der Waals surface area contributed by atoms with Gasteiger partial charge in [-0.1, -0.05) is 0 Å². The first-order chi connectivity index (χ1) is 3.43. The molecule has 0 atom stereocenters. The highest BCUT2D eigenvalue weighted by atomic mass is 31.1. The van der Waals surface area contributed by atoms with Crippen LogP contribution in [0.1, 0.15) is 0 Å². The standard InChI is InChI=1S/C3H2NO2P/c5-7-3-4-1-2-6-3/h1-2H. The molecule has 7 heavy (non-hydrogen) atoms. The van der Waals surface area contributed by atoms with Crippen LogP contribution < -0.4 is 5.63 Å². The molecule has 4 heteroatoms. The van der Waals surface area contributed by atoms with Gasteiger partial charge >= 0.3 is 0 Å². The molecule has 36 valence electrons. The third-order valence-electron chi connectivity index (χ3n) is 0.497. The fourth-order valence-corrected chi connectivity index (χ4v) is 0.479. The van der Waals surface area contributed by atoms with Gasteiger partial charge in [0.1, 0.15) is 6.26 Å². The maximum Gasteiger partial charge on any atom is 0.289 e. The maximum atomic E-state index is 9.81. The van der Waals surface area contributed by atoms with E-state index in [9.17, 15) is 4.57 Å². The largest absolute Gasteiger partial charge is 0.439 e. The van der Waals surface area contributed by atoms with Crippen molar-refractivity contribution in [2.45, 2.75) is 0 Å². The number of rotatable bonds is 1. The molecule has 0 aliphatic rings. The van der Waals surface area contributed by atoms with Crippen molar-refractivity contribution in [1.29, 1.82) is 0 Å². The van der Waals surface area contributed by atoms with Crippen LogP contribution in [-0.4, -0.2) is 4.98 Å². The molecule has 0 aliphatic carbocycles. The van der Waals surface area contributed by atoms with Crippen molar-refractivity contribution in [2.75, 3.05) is 0 Å². The molecule has 0 saturated carbocycles. The van der Waals surface area contributed by atoms with Crippen molar-refractivity contribution in [3.8, 4) is 0 Å². The summed E-state index contributed by atoms with van der Waals surface area (Å²) < 4.78 is 14.4. The second-order valence-corrected chi connectivity index (χ2v) is 1.47. The fourth-order valence-electron chi connectivity index (χ4n) is 0.261. The third-order valence-corrected chi connectivity index (χ3v) is 0.874. The lowest BCUT2D eigenvalue weighted by Crippen LogP contribution is -1.85. The normalized spacial score (nSPS) is 9.71. The number of oxazole rings is 1. The second-order valence-electron chi connectivity index (χ2n) is 0.906. The molecule has 1 aromatic rings. The van der Waals surface area contributed by atoms with Crippen LogP contribution in [0.2, 0.25) is 0 Å². The van der Waals surface area contributed by atoms with Gasteiger partial charge in [-0.2, -0.15) is 0 Å². The zero-order valence-electron chi connectivity index (χ0n) is 3.37. The topological polar surface area (TPSA) is 43.1 Å². The van der Waals surface area contributed by atoms with E-state index in [1.807, 2.05) is 0 Å². The molecular formula is C3H2NO2P. The summed E-state index contributed by atoms with van der Waals surface area (Å²) in [5, 5.41) is 0. The Kier molecular flexibility index (Phi) is 1.18. The molecule has 0 saturated heterocycles. The quantitative estimate of drug-likeness (QED) is 0.503. The summed E-state index contributed by atoms with van der Waals surface area (Å²) >= 11 is 0. The molecule has 0 N–H and O–H groups in total. The average Bonchev–Trinajstić information content (AvgIpc) is 2.14. The molecule has 1 heterocycles. The Balaban J connectivity index is 2.96. The molecule has 1 rings (SSSR count). The van der Waals surface area contributed by atoms with Gasteiger partial charge < -0.3 is 4.42 Å². The zero-order valence-corrected chi connectivity index (χ0v) is 4.26. The second kappa shape index (κ2) is 1.85. The lowest BCUT2D eigenvalue weighted by Gasteiger charge is -1.64. The summed E-state index contributed by atoms with van der Waals surface area (Å²) in [5.74, 6) is 0. The van der Waals surface area contributed by atoms with E-state index in [2.05, 4.69) is 9.40 Å². The van der Waals surface area contributed by atoms with Crippen LogP contribution in [-0.2, 0) is 4.57 Å². The van der Waals surface area contributed by atoms with E-state index in [-0.39, 0.29) is 14.1 Å². The Morgan fingerprint density at radius 1 is 1.86 bits per heavy atom. The monoisotopic (exact) mass is 115 g/mol. The van der Waals surface area contributed by atoms with Crippen LogP contribution in [0.25, 0.3) is 0 Å². The SMILES string of the molecule is O=Pc1ncco1. The maximum absolute atomic E-state index is 9.81. The van der Waals surface area contributed by atoms with E-state index < -0.39 is 0 Å². The van der Waals surface area contributed by atoms with Crippen LogP contribution in [0.4, 0.5) is 0 Å². The minimum absolute atomic E-state index is 0.163. The number of hydrogen-bond donors (Lipinski definition) is 0. The summed E-state index contributed by atoms with van der Waals surface area (Å²) in [4.78, 5) is 3.54. The van der Waals surface area contributed by atoms with E-state index in [0.29, 0.717) is 0 Å². The van der Waals surface area contributed by atoms with Gasteiger partial charge in [-0.15, -0.1) is 0 Å². The number of hydrogen-bond acceptors (Lipinski definition) is 3. The molecule has 0 radical (unpaired) electrons. The highest BCUT2D eigenvalue weighted by Crippen LogP contribution is 1.88. The Labute approximate surface area is 41.6 Å². The first-order valence-corrected chi connectivity index (χ1v) is 2.47. The molecular weight excluding hydrogens is 113 g/mol. The fraction of sp³-hybridized carbons (Fsp3) is 0. The third kappa shape index (κ3) is 0.842. The van der Waals surface area contributed by atoms with Gasteiger partial charge in [0.2, 0.25) is 0 Å². The van der Waals surface area contributed by atoms with Crippen molar-refractivity contribution in [1.82, 2.24) is 4.98 Å². The molecule has 1 aromatic heterocycles. The van der Waals surface area contributed by atoms with Crippen molar-refractivity contribution in [3.63, 3.8) is 0 Å². The van der Waals surface area contributed by atoms with E-state index in [0.717, 1.165) is 0 Å². The minimum atomic E-state index is -0.163. The van der Waals surface area contributed by atoms with E-state index >= 15 is 0 Å². The smallest absolute Gasteiger partial charge is 0.289 e. The highest BCUT2D eigenvalue weighted by molar-refractivity contribution is 7.32. The Morgan fingerprint density at radius 3 is 3.00 bits per heavy atom. The number of nitrogens with zero attached hydrogens (tertiary/aromatic N) is 1. The van der Waals surface area contributed by atoms with Crippen LogP contribution in [0, 0.1) is 0 Å². The van der Waals surface area contributed by atoms with Crippen molar-refractivity contribution in [3.05, 3.63) is 12.5 Å². The van der Waals surface area contributed by atoms with Gasteiger partial charge in [-0.3, -0.25) is 4.57 Å². The first kappa shape index (κ1) is 4.47. The Morgan fingerprint density at radius 2 is 2.71 bits per heavy atom. The Hall–Kier alpha value is -0.690. The van der Waals surface area contributed by atoms with Crippen LogP contribution in [0.3, 0.4) is 0 Å². The van der Waals surface area contributed by atoms with Crippen molar-refractivity contribution >= 4 is 14.1 Å². The van der Waals surface area contributed by atoms with Gasteiger partial charge in [0.05, 0.1) is 6.20 Å². The van der Waals surface area contributed by atoms with E-state index in [4.69, 9.17) is 0 Å². The molecule has 0 unspecified atom stereocenters. The van der Waals surface area contributed by atoms with Gasteiger partial charge in [0.25, 0.3) is 14.1 Å². The molecule has 0 amide bonds. The van der Waals surface area contributed by atoms with Crippen molar-refractivity contribution in [2.24, 2.45) is 0 Å². The molecule has 0 fully saturated rings. The molecule has 0 aromatic carbocycles. The summed E-state index contributed by atoms with van der Waals surface area (Å²) in [6.07, 6.45) is 2.82. The van der Waals surface area contributed by atoms with Crippen LogP contribution >= 0.6 is 8.46 Å². The number of aromatic nitrogens is 1. The summed E-state index contributed by atoms with van der Waals surface area (Å²) in [5.41, 5.74) is 0.222. The van der Waals surface area contributed by atoms with E-state index in [1.165, 1.54) is 12.5 Å². The average molecular weight is 115 g/mol. The molecule has 0 bridgehead atoms. The lowest BCUT2D eigenvalue weighted by atomic mass is 11.0. The minimum Gasteiger partial charge on any atom is -0.439 e. The van der Waals surface area contributed by atoms with Crippen molar-refractivity contribution < 1.29 is 8.98 Å².